The van der Waals surface area contributed by atoms with Gasteiger partial charge in [0.2, 0.25) is 5.91 Å². The van der Waals surface area contributed by atoms with Gasteiger partial charge in [0.25, 0.3) is 17.1 Å². The molecule has 1 fully saturated rings. The van der Waals surface area contributed by atoms with Crippen molar-refractivity contribution in [1.29, 1.82) is 0 Å². The summed E-state index contributed by atoms with van der Waals surface area (Å²) in [6, 6.07) is 16.4. The number of benzene rings is 2. The topological polar surface area (TPSA) is 95.6 Å². The van der Waals surface area contributed by atoms with Crippen LogP contribution in [-0.4, -0.2) is 47.5 Å². The molecule has 0 saturated carbocycles. The molecule has 0 spiro atoms. The molecule has 0 radical (unpaired) electrons. The van der Waals surface area contributed by atoms with E-state index >= 15 is 0 Å². The Kier molecular flexibility index (Phi) is 7.03. The van der Waals surface area contributed by atoms with E-state index in [1.165, 1.54) is 0 Å². The smallest absolute Gasteiger partial charge is 0.293 e. The van der Waals surface area contributed by atoms with Gasteiger partial charge in [-0.1, -0.05) is 48.5 Å². The number of thioether (sulfide) groups is 1. The fourth-order valence-corrected chi connectivity index (χ4v) is 3.71. The van der Waals surface area contributed by atoms with E-state index in [-0.39, 0.29) is 36.7 Å². The summed E-state index contributed by atoms with van der Waals surface area (Å²) in [6.07, 6.45) is 1.67. The highest BCUT2D eigenvalue weighted by molar-refractivity contribution is 8.18. The quantitative estimate of drug-likeness (QED) is 0.668. The van der Waals surface area contributed by atoms with Gasteiger partial charge in [0.1, 0.15) is 0 Å². The molecule has 2 aromatic carbocycles. The Hall–Kier alpha value is -3.39. The molecule has 0 bridgehead atoms. The van der Waals surface area contributed by atoms with Gasteiger partial charge >= 0.3 is 0 Å². The van der Waals surface area contributed by atoms with Crippen LogP contribution in [0.1, 0.15) is 21.5 Å². The zero-order chi connectivity index (χ0) is 21.5. The first-order valence-corrected chi connectivity index (χ1v) is 10.2. The average molecular weight is 423 g/mol. The molecule has 30 heavy (non-hydrogen) atoms. The highest BCUT2D eigenvalue weighted by Gasteiger charge is 2.34. The fourth-order valence-electron chi connectivity index (χ4n) is 2.85. The van der Waals surface area contributed by atoms with E-state index in [2.05, 4.69) is 10.6 Å². The third-order valence-electron chi connectivity index (χ3n) is 4.43. The molecule has 154 valence electrons. The molecule has 0 aromatic heterocycles. The van der Waals surface area contributed by atoms with Gasteiger partial charge in [-0.2, -0.15) is 0 Å². The predicted molar refractivity (Wildman–Crippen MR) is 116 cm³/mol. The minimum atomic E-state index is -0.399. The van der Waals surface area contributed by atoms with Crippen molar-refractivity contribution in [3.05, 3.63) is 76.2 Å². The summed E-state index contributed by atoms with van der Waals surface area (Å²) < 4.78 is 0. The maximum atomic E-state index is 12.4. The summed E-state index contributed by atoms with van der Waals surface area (Å²) in [7, 11) is 0. The van der Waals surface area contributed by atoms with Crippen LogP contribution in [0.15, 0.2) is 59.5 Å². The minimum absolute atomic E-state index is 0.0638. The summed E-state index contributed by atoms with van der Waals surface area (Å²) in [5.41, 5.74) is 2.16. The number of imide groups is 1. The normalized spacial score (nSPS) is 14.8. The van der Waals surface area contributed by atoms with Crippen LogP contribution in [0.2, 0.25) is 0 Å². The molecule has 0 atom stereocenters. The summed E-state index contributed by atoms with van der Waals surface area (Å²) in [5, 5.41) is 4.80. The summed E-state index contributed by atoms with van der Waals surface area (Å²) >= 11 is 0.877. The van der Waals surface area contributed by atoms with Gasteiger partial charge in [-0.3, -0.25) is 24.1 Å². The Bertz CT molecular complexity index is 1000. The first-order valence-electron chi connectivity index (χ1n) is 9.36. The number of hydrogen-bond acceptors (Lipinski definition) is 5. The molecular formula is C22H21N3O4S. The Morgan fingerprint density at radius 1 is 1.00 bits per heavy atom. The van der Waals surface area contributed by atoms with Crippen LogP contribution in [0.3, 0.4) is 0 Å². The van der Waals surface area contributed by atoms with E-state index < -0.39 is 5.91 Å². The van der Waals surface area contributed by atoms with Gasteiger partial charge in [-0.15, -0.1) is 0 Å². The predicted octanol–water partition coefficient (Wildman–Crippen LogP) is 2.58. The Balaban J connectivity index is 1.45. The monoisotopic (exact) mass is 423 g/mol. The van der Waals surface area contributed by atoms with Crippen molar-refractivity contribution in [2.75, 3.05) is 19.6 Å². The van der Waals surface area contributed by atoms with E-state index in [9.17, 15) is 19.2 Å². The molecule has 8 heteroatoms. The lowest BCUT2D eigenvalue weighted by Gasteiger charge is -2.13. The van der Waals surface area contributed by atoms with E-state index in [1.54, 1.807) is 18.2 Å². The second-order valence-electron chi connectivity index (χ2n) is 6.59. The van der Waals surface area contributed by atoms with Crippen LogP contribution >= 0.6 is 11.8 Å². The standard InChI is InChI=1S/C22H21N3O4S/c1-15-7-5-6-10-17(15)20(27)24-14-19(26)23-11-12-25-21(28)18(30-22(25)29)13-16-8-3-2-4-9-16/h2-10,13H,11-12,14H2,1H3,(H,23,26)(H,24,27)/b18-13-. The van der Waals surface area contributed by atoms with Gasteiger partial charge < -0.3 is 10.6 Å². The fraction of sp³-hybridized carbons (Fsp3) is 0.182. The number of nitrogens with zero attached hydrogens (tertiary/aromatic N) is 1. The molecule has 7 nitrogen and oxygen atoms in total. The molecule has 2 N–H and O–H groups in total. The number of amides is 4. The lowest BCUT2D eigenvalue weighted by atomic mass is 10.1. The van der Waals surface area contributed by atoms with E-state index in [4.69, 9.17) is 0 Å². The first kappa shape index (κ1) is 21.3. The Morgan fingerprint density at radius 2 is 1.70 bits per heavy atom. The number of rotatable bonds is 7. The van der Waals surface area contributed by atoms with Crippen LogP contribution in [-0.2, 0) is 9.59 Å². The zero-order valence-electron chi connectivity index (χ0n) is 16.4. The molecular weight excluding hydrogens is 402 g/mol. The van der Waals surface area contributed by atoms with E-state index in [1.807, 2.05) is 49.4 Å². The number of carbonyl (C=O) groups excluding carboxylic acids is 4. The maximum Gasteiger partial charge on any atom is 0.293 e. The van der Waals surface area contributed by atoms with Crippen LogP contribution in [0.4, 0.5) is 4.79 Å². The summed E-state index contributed by atoms with van der Waals surface area (Å²) in [6.45, 7) is 1.80. The van der Waals surface area contributed by atoms with Crippen molar-refractivity contribution < 1.29 is 19.2 Å². The van der Waals surface area contributed by atoms with E-state index in [0.717, 1.165) is 27.8 Å². The van der Waals surface area contributed by atoms with Crippen LogP contribution in [0, 0.1) is 6.92 Å². The Morgan fingerprint density at radius 3 is 2.43 bits per heavy atom. The molecule has 1 aliphatic heterocycles. The first-order chi connectivity index (χ1) is 14.5. The number of aryl methyl sites for hydroxylation is 1. The number of nitrogens with one attached hydrogen (secondary N) is 2. The minimum Gasteiger partial charge on any atom is -0.353 e. The van der Waals surface area contributed by atoms with Gasteiger partial charge in [-0.05, 0) is 42.0 Å². The Labute approximate surface area is 178 Å². The van der Waals surface area contributed by atoms with Crippen molar-refractivity contribution in [2.24, 2.45) is 0 Å². The number of hydrogen-bond donors (Lipinski definition) is 2. The molecule has 0 aliphatic carbocycles. The van der Waals surface area contributed by atoms with Gasteiger partial charge in [0, 0.05) is 18.7 Å². The molecule has 1 saturated heterocycles. The molecule has 1 aliphatic rings. The second-order valence-corrected chi connectivity index (χ2v) is 7.58. The SMILES string of the molecule is Cc1ccccc1C(=O)NCC(=O)NCCN1C(=O)S/C(=C\c2ccccc2)C1=O. The van der Waals surface area contributed by atoms with Crippen molar-refractivity contribution in [2.45, 2.75) is 6.92 Å². The van der Waals surface area contributed by atoms with Crippen molar-refractivity contribution in [1.82, 2.24) is 15.5 Å². The molecule has 1 heterocycles. The van der Waals surface area contributed by atoms with Crippen LogP contribution in [0.25, 0.3) is 6.08 Å². The maximum absolute atomic E-state index is 12.4. The molecule has 4 amide bonds. The zero-order valence-corrected chi connectivity index (χ0v) is 17.2. The highest BCUT2D eigenvalue weighted by atomic mass is 32.2. The van der Waals surface area contributed by atoms with Gasteiger partial charge in [0.15, 0.2) is 0 Å². The van der Waals surface area contributed by atoms with Crippen molar-refractivity contribution in [3.8, 4) is 0 Å². The lowest BCUT2D eigenvalue weighted by molar-refractivity contribution is -0.124. The summed E-state index contributed by atoms with van der Waals surface area (Å²) in [5.74, 6) is -1.11. The van der Waals surface area contributed by atoms with Crippen molar-refractivity contribution >= 4 is 40.8 Å². The van der Waals surface area contributed by atoms with E-state index in [0.29, 0.717) is 10.5 Å². The van der Waals surface area contributed by atoms with Gasteiger partial charge in [-0.25, -0.2) is 0 Å². The van der Waals surface area contributed by atoms with Crippen LogP contribution in [0.5, 0.6) is 0 Å². The van der Waals surface area contributed by atoms with Crippen LogP contribution < -0.4 is 10.6 Å². The second kappa shape index (κ2) is 9.89. The number of carbonyl (C=O) groups is 4. The highest BCUT2D eigenvalue weighted by Crippen LogP contribution is 2.31. The average Bonchev–Trinajstić information content (AvgIpc) is 3.00. The molecule has 2 aromatic rings. The third-order valence-corrected chi connectivity index (χ3v) is 5.34. The van der Waals surface area contributed by atoms with Crippen molar-refractivity contribution in [3.63, 3.8) is 0 Å². The largest absolute Gasteiger partial charge is 0.353 e. The molecule has 0 unspecified atom stereocenters. The molecule has 3 rings (SSSR count). The van der Waals surface area contributed by atoms with Gasteiger partial charge in [0.05, 0.1) is 11.4 Å². The summed E-state index contributed by atoms with van der Waals surface area (Å²) in [4.78, 5) is 50.1. The lowest BCUT2D eigenvalue weighted by Crippen LogP contribution is -2.41. The third kappa shape index (κ3) is 5.36.